The van der Waals surface area contributed by atoms with Gasteiger partial charge in [-0.25, -0.2) is 0 Å². The third-order valence-corrected chi connectivity index (χ3v) is 0. The van der Waals surface area contributed by atoms with Crippen molar-refractivity contribution in [2.45, 2.75) is 0 Å². The summed E-state index contributed by atoms with van der Waals surface area (Å²) in [5, 5.41) is 0. The summed E-state index contributed by atoms with van der Waals surface area (Å²) in [6.07, 6.45) is 0. The number of hydrogen-bond acceptors (Lipinski definition) is 1. The van der Waals surface area contributed by atoms with E-state index in [-0.39, 0.29) is 0 Å². The molecule has 4 heteroatoms. The fraction of sp³-hybridized carbons (Fsp3) is 0. The topological polar surface area (TPSA) is 17.1 Å². The quantitative estimate of drug-likeness (QED) is 0.307. The molecule has 0 aromatic heterocycles. The Labute approximate surface area is 35.4 Å². The van der Waals surface area contributed by atoms with Crippen LogP contribution < -0.4 is 0 Å². The van der Waals surface area contributed by atoms with E-state index in [1.54, 1.807) is 6.88 Å². The van der Waals surface area contributed by atoms with Crippen molar-refractivity contribution in [2.75, 3.05) is 0 Å². The molecule has 0 heterocycles. The summed E-state index contributed by atoms with van der Waals surface area (Å²) in [5.41, 5.74) is 4.61. The Morgan fingerprint density at radius 1 is 2.50 bits per heavy atom. The van der Waals surface area contributed by atoms with Crippen molar-refractivity contribution in [1.82, 2.24) is 0 Å². The predicted octanol–water partition coefficient (Wildman–Crippen LogP) is 0.444. The van der Waals surface area contributed by atoms with Gasteiger partial charge >= 0.3 is 35.1 Å². The summed E-state index contributed by atoms with van der Waals surface area (Å²) in [7, 11) is 0. The minimum absolute atomic E-state index is 1.78. The fourth-order valence-electron chi connectivity index (χ4n) is 0. The molecule has 0 amide bonds. The molecule has 0 saturated carbocycles. The average molecular weight is 189 g/mol. The molecule has 2 radical (unpaired) electrons. The zero-order valence-corrected chi connectivity index (χ0v) is 5.25. The van der Waals surface area contributed by atoms with E-state index in [1.165, 1.54) is 0 Å². The molecule has 24 valence electrons. The molecule has 2 unspecified atom stereocenters. The first-order valence-electron chi connectivity index (χ1n) is 0.969. The van der Waals surface area contributed by atoms with E-state index in [9.17, 15) is 3.07 Å². The second kappa shape index (κ2) is 2.27. The first kappa shape index (κ1) is 3.22. The Bertz CT molecular complexity index is 57.8. The molecule has 0 spiro atoms. The Kier molecular flexibility index (Phi) is 1.83. The summed E-state index contributed by atoms with van der Waals surface area (Å²) in [6, 6.07) is 0. The van der Waals surface area contributed by atoms with Gasteiger partial charge in [-0.2, -0.15) is 0 Å². The van der Waals surface area contributed by atoms with Crippen molar-refractivity contribution >= 4 is 31.4 Å². The normalized spacial score (nSPS) is 34.8. The SMILES string of the molecule is [2H]I([B])(=O)P. The first-order chi connectivity index (χ1) is 2.00. The van der Waals surface area contributed by atoms with E-state index in [0.717, 1.165) is 0 Å². The van der Waals surface area contributed by atoms with Crippen LogP contribution in [0, 0.1) is 0 Å². The maximum absolute atomic E-state index is 9.69. The monoisotopic (exact) mass is 189 g/mol. The summed E-state index contributed by atoms with van der Waals surface area (Å²) >= 11 is -3.52. The van der Waals surface area contributed by atoms with Crippen molar-refractivity contribution in [1.29, 1.82) is 0.594 Å². The van der Waals surface area contributed by atoms with Crippen LogP contribution in [0.15, 0.2) is 0 Å². The molecule has 0 rings (SSSR count). The van der Waals surface area contributed by atoms with Gasteiger partial charge in [0.25, 0.3) is 0 Å². The van der Waals surface area contributed by atoms with Gasteiger partial charge in [-0.3, -0.25) is 0 Å². The van der Waals surface area contributed by atoms with Crippen LogP contribution in [0.1, 0.15) is 0 Å². The summed E-state index contributed by atoms with van der Waals surface area (Å²) < 4.78 is 16.0. The van der Waals surface area contributed by atoms with E-state index in [1.807, 2.05) is 0 Å². The third-order valence-electron chi connectivity index (χ3n) is 0. The number of rotatable bonds is 0. The van der Waals surface area contributed by atoms with Crippen LogP contribution in [-0.2, 0) is 3.07 Å². The van der Waals surface area contributed by atoms with Crippen molar-refractivity contribution < 1.29 is 3.07 Å². The molecule has 4 heavy (non-hydrogen) atoms. The van der Waals surface area contributed by atoms with Gasteiger partial charge in [0.1, 0.15) is 0 Å². The second-order valence-corrected chi connectivity index (χ2v) is 4.93. The Balaban J connectivity index is 3.47. The number of halogens is 1. The Morgan fingerprint density at radius 3 is 2.50 bits per heavy atom. The van der Waals surface area contributed by atoms with Gasteiger partial charge < -0.3 is 0 Å². The Hall–Kier alpha value is 1.02. The molecule has 0 aliphatic heterocycles. The predicted molar refractivity (Wildman–Crippen MR) is 31.6 cm³/mol. The molecular weight excluding hydrogens is 185 g/mol. The van der Waals surface area contributed by atoms with E-state index in [4.69, 9.17) is 0.594 Å². The molecule has 0 N–H and O–H groups in total. The molecule has 0 aliphatic rings. The Morgan fingerprint density at radius 2 is 2.50 bits per heavy atom. The van der Waals surface area contributed by atoms with Crippen molar-refractivity contribution in [2.24, 2.45) is 0 Å². The molecule has 0 fully saturated rings. The zero-order valence-electron chi connectivity index (χ0n) is 2.94. The third kappa shape index (κ3) is 11.8. The second-order valence-electron chi connectivity index (χ2n) is 0.304. The van der Waals surface area contributed by atoms with Gasteiger partial charge in [0.2, 0.25) is 0 Å². The minimum atomic E-state index is -3.52. The van der Waals surface area contributed by atoms with Crippen LogP contribution in [0.25, 0.3) is 0 Å². The van der Waals surface area contributed by atoms with Crippen molar-refractivity contribution in [3.05, 3.63) is 0 Å². The van der Waals surface area contributed by atoms with Crippen molar-refractivity contribution in [3.8, 4) is 0 Å². The summed E-state index contributed by atoms with van der Waals surface area (Å²) in [4.78, 5) is 0. The fourth-order valence-corrected chi connectivity index (χ4v) is 0. The molecule has 0 aromatic carbocycles. The van der Waals surface area contributed by atoms with E-state index in [0.29, 0.717) is 0 Å². The van der Waals surface area contributed by atoms with Crippen molar-refractivity contribution in [3.63, 3.8) is 0 Å². The maximum atomic E-state index is 9.69. The summed E-state index contributed by atoms with van der Waals surface area (Å²) in [6.45, 7) is 1.78. The van der Waals surface area contributed by atoms with Crippen LogP contribution in [0.5, 0.6) is 0 Å². The van der Waals surface area contributed by atoms with E-state index in [2.05, 4.69) is 5.70 Å². The van der Waals surface area contributed by atoms with Crippen LogP contribution in [0.4, 0.5) is 0 Å². The van der Waals surface area contributed by atoms with Gasteiger partial charge in [0.05, 0.1) is 0 Å². The standard InChI is InChI=1S/BH3IOP/c1-2(3)4/h2H,4H2/i2D. The van der Waals surface area contributed by atoms with E-state index >= 15 is 0 Å². The van der Waals surface area contributed by atoms with Gasteiger partial charge in [-0.05, 0) is 0 Å². The van der Waals surface area contributed by atoms with Crippen LogP contribution in [0.2, 0.25) is 0 Å². The van der Waals surface area contributed by atoms with E-state index < -0.39 is 18.8 Å². The molecule has 0 saturated heterocycles. The molecule has 1 nitrogen and oxygen atoms in total. The first-order valence-corrected chi connectivity index (χ1v) is 6.89. The molecule has 0 aromatic rings. The summed E-state index contributed by atoms with van der Waals surface area (Å²) in [5.74, 6) is 0. The van der Waals surface area contributed by atoms with Gasteiger partial charge in [-0.15, -0.1) is 0 Å². The molecule has 2 atom stereocenters. The van der Waals surface area contributed by atoms with Crippen LogP contribution in [0.3, 0.4) is 0 Å². The molecular formula is H3BIOP. The average Bonchev–Trinajstić information content (AvgIpc) is 0.722. The van der Waals surface area contributed by atoms with Crippen LogP contribution >= 0.6 is 25.7 Å². The van der Waals surface area contributed by atoms with Gasteiger partial charge in [0, 0.05) is 0 Å². The van der Waals surface area contributed by atoms with Crippen LogP contribution in [-0.4, -0.2) is 6.30 Å². The number of hydrogen-bond donors (Lipinski definition) is 0. The van der Waals surface area contributed by atoms with Gasteiger partial charge in [-0.1, -0.05) is 0 Å². The van der Waals surface area contributed by atoms with Gasteiger partial charge in [0.15, 0.2) is 0 Å². The zero-order chi connectivity index (χ0) is 4.50. The molecule has 0 aliphatic carbocycles. The molecule has 0 bridgehead atoms.